The summed E-state index contributed by atoms with van der Waals surface area (Å²) in [5.41, 5.74) is 4.06. The number of H-pyrrole nitrogens is 1. The molecule has 0 amide bonds. The Morgan fingerprint density at radius 3 is 1.79 bits per heavy atom. The lowest BCUT2D eigenvalue weighted by Crippen LogP contribution is -1.90. The van der Waals surface area contributed by atoms with Gasteiger partial charge in [-0.05, 0) is 29.9 Å². The van der Waals surface area contributed by atoms with Crippen LogP contribution in [0.2, 0.25) is 0 Å². The molecule has 1 aliphatic rings. The number of hydrogen-bond donors (Lipinski definition) is 1. The highest BCUT2D eigenvalue weighted by Gasteiger charge is 2.13. The van der Waals surface area contributed by atoms with Gasteiger partial charge in [0.25, 0.3) is 0 Å². The number of benzene rings is 3. The maximum absolute atomic E-state index is 3.72. The summed E-state index contributed by atoms with van der Waals surface area (Å²) in [4.78, 5) is 3.72. The highest BCUT2D eigenvalue weighted by Crippen LogP contribution is 2.33. The van der Waals surface area contributed by atoms with Crippen LogP contribution in [-0.2, 0) is 6.42 Å². The summed E-state index contributed by atoms with van der Waals surface area (Å²) in [7, 11) is 0. The fourth-order valence-corrected chi connectivity index (χ4v) is 6.13. The second-order valence-corrected chi connectivity index (χ2v) is 13.3. The molecular weight excluding hydrogens is 490 g/mol. The SMILES string of the molecule is CC1CS1.CCCCCCCCCCCCCCCCCCc1cccc2ccc3c4ccccc4[nH]c3c12. The van der Waals surface area contributed by atoms with Gasteiger partial charge in [-0.3, -0.25) is 0 Å². The largest absolute Gasteiger partial charge is 0.354 e. The van der Waals surface area contributed by atoms with Crippen molar-refractivity contribution in [2.75, 3.05) is 5.75 Å². The van der Waals surface area contributed by atoms with Crippen molar-refractivity contribution in [3.8, 4) is 0 Å². The van der Waals surface area contributed by atoms with Crippen molar-refractivity contribution >= 4 is 44.3 Å². The minimum Gasteiger partial charge on any atom is -0.354 e. The third-order valence-electron chi connectivity index (χ3n) is 8.41. The second kappa shape index (κ2) is 17.0. The van der Waals surface area contributed by atoms with Gasteiger partial charge in [-0.1, -0.05) is 159 Å². The number of nitrogens with one attached hydrogen (secondary N) is 1. The molecule has 5 rings (SSSR count). The van der Waals surface area contributed by atoms with Crippen LogP contribution in [0.15, 0.2) is 54.6 Å². The van der Waals surface area contributed by atoms with Crippen molar-refractivity contribution in [2.24, 2.45) is 0 Å². The van der Waals surface area contributed by atoms with Crippen LogP contribution in [0.4, 0.5) is 0 Å². The third kappa shape index (κ3) is 9.89. The molecule has 2 heterocycles. The fourth-order valence-electron chi connectivity index (χ4n) is 5.94. The molecule has 0 bridgehead atoms. The van der Waals surface area contributed by atoms with E-state index in [0.717, 1.165) is 5.25 Å². The first-order valence-electron chi connectivity index (χ1n) is 16.3. The third-order valence-corrected chi connectivity index (χ3v) is 9.41. The second-order valence-electron chi connectivity index (χ2n) is 11.9. The summed E-state index contributed by atoms with van der Waals surface area (Å²) in [6, 6.07) is 20.1. The molecule has 1 aromatic heterocycles. The summed E-state index contributed by atoms with van der Waals surface area (Å²) < 4.78 is 0. The molecule has 39 heavy (non-hydrogen) atoms. The zero-order valence-electron chi connectivity index (χ0n) is 24.9. The van der Waals surface area contributed by atoms with Gasteiger partial charge in [-0.25, -0.2) is 0 Å². The Hall–Kier alpha value is -1.93. The molecule has 0 radical (unpaired) electrons. The van der Waals surface area contributed by atoms with Crippen molar-refractivity contribution in [3.63, 3.8) is 0 Å². The molecule has 4 aromatic rings. The van der Waals surface area contributed by atoms with E-state index in [1.807, 2.05) is 11.8 Å². The topological polar surface area (TPSA) is 15.8 Å². The Balaban J connectivity index is 0.000000808. The van der Waals surface area contributed by atoms with Gasteiger partial charge >= 0.3 is 0 Å². The monoisotopic (exact) mass is 543 g/mol. The van der Waals surface area contributed by atoms with Crippen LogP contribution < -0.4 is 0 Å². The lowest BCUT2D eigenvalue weighted by molar-refractivity contribution is 0.529. The molecule has 0 saturated carbocycles. The van der Waals surface area contributed by atoms with E-state index in [-0.39, 0.29) is 0 Å². The Labute approximate surface area is 242 Å². The summed E-state index contributed by atoms with van der Waals surface area (Å²) in [5.74, 6) is 1.40. The normalized spacial score (nSPS) is 14.7. The molecule has 0 aliphatic carbocycles. The minimum absolute atomic E-state index is 1.000. The van der Waals surface area contributed by atoms with Gasteiger partial charge in [-0.15, -0.1) is 0 Å². The lowest BCUT2D eigenvalue weighted by atomic mass is 9.97. The van der Waals surface area contributed by atoms with Gasteiger partial charge in [0, 0.05) is 32.7 Å². The van der Waals surface area contributed by atoms with Gasteiger partial charge in [0.2, 0.25) is 0 Å². The molecular formula is C37H53NS. The first kappa shape index (κ1) is 30.0. The number of rotatable bonds is 17. The van der Waals surface area contributed by atoms with Crippen LogP contribution in [0.3, 0.4) is 0 Å². The standard InChI is InChI=1S/C34H47N.C3H6S/c1-2-3-4-5-6-7-8-9-10-11-12-13-14-15-16-17-21-28-22-20-23-29-26-27-31-30-24-18-19-25-32(30)35-34(31)33(28)29;1-3-2-4-3/h18-20,22-27,35H,2-17,21H2,1H3;3H,2H2,1H3. The average molecular weight is 544 g/mol. The summed E-state index contributed by atoms with van der Waals surface area (Å²) >= 11 is 2.02. The maximum Gasteiger partial charge on any atom is 0.0547 e. The number of aromatic amines is 1. The predicted molar refractivity (Wildman–Crippen MR) is 178 cm³/mol. The molecule has 3 aromatic carbocycles. The van der Waals surface area contributed by atoms with Crippen LogP contribution >= 0.6 is 11.8 Å². The number of aryl methyl sites for hydroxylation is 1. The van der Waals surface area contributed by atoms with Gasteiger partial charge in [0.15, 0.2) is 0 Å². The molecule has 1 nitrogen and oxygen atoms in total. The number of unbranched alkanes of at least 4 members (excludes halogenated alkanes) is 15. The van der Waals surface area contributed by atoms with E-state index in [9.17, 15) is 0 Å². The Morgan fingerprint density at radius 1 is 0.641 bits per heavy atom. The fraction of sp³-hybridized carbons (Fsp3) is 0.568. The number of hydrogen-bond acceptors (Lipinski definition) is 1. The number of para-hydroxylation sites is 1. The van der Waals surface area contributed by atoms with Crippen LogP contribution in [0.1, 0.15) is 122 Å². The highest BCUT2D eigenvalue weighted by atomic mass is 32.2. The van der Waals surface area contributed by atoms with E-state index < -0.39 is 0 Å². The Bertz CT molecular complexity index is 1230. The molecule has 0 spiro atoms. The van der Waals surface area contributed by atoms with Crippen LogP contribution in [0.5, 0.6) is 0 Å². The first-order valence-corrected chi connectivity index (χ1v) is 17.4. The van der Waals surface area contributed by atoms with Crippen molar-refractivity contribution in [1.82, 2.24) is 4.98 Å². The summed E-state index contributed by atoms with van der Waals surface area (Å²) in [6.45, 7) is 4.54. The zero-order chi connectivity index (χ0) is 27.1. The Morgan fingerprint density at radius 2 is 1.21 bits per heavy atom. The summed E-state index contributed by atoms with van der Waals surface area (Å²) in [5, 5.41) is 6.48. The number of thioether (sulfide) groups is 1. The quantitative estimate of drug-likeness (QED) is 0.103. The van der Waals surface area contributed by atoms with Gasteiger partial charge < -0.3 is 4.98 Å². The van der Waals surface area contributed by atoms with E-state index >= 15 is 0 Å². The van der Waals surface area contributed by atoms with Crippen molar-refractivity contribution < 1.29 is 0 Å². The molecule has 1 saturated heterocycles. The van der Waals surface area contributed by atoms with Gasteiger partial charge in [0.1, 0.15) is 0 Å². The molecule has 1 N–H and O–H groups in total. The smallest absolute Gasteiger partial charge is 0.0547 e. The van der Waals surface area contributed by atoms with Crippen LogP contribution in [0, 0.1) is 0 Å². The van der Waals surface area contributed by atoms with Crippen molar-refractivity contribution in [1.29, 1.82) is 0 Å². The molecule has 1 aliphatic heterocycles. The molecule has 1 unspecified atom stereocenters. The van der Waals surface area contributed by atoms with E-state index in [1.54, 1.807) is 0 Å². The molecule has 2 heteroatoms. The molecule has 1 atom stereocenters. The predicted octanol–water partition coefficient (Wildman–Crippen LogP) is 12.4. The zero-order valence-corrected chi connectivity index (χ0v) is 25.7. The average Bonchev–Trinajstić information content (AvgIpc) is 3.65. The van der Waals surface area contributed by atoms with E-state index in [1.165, 1.54) is 153 Å². The molecule has 1 fully saturated rings. The van der Waals surface area contributed by atoms with Crippen molar-refractivity contribution in [2.45, 2.75) is 128 Å². The minimum atomic E-state index is 1.000. The maximum atomic E-state index is 3.72. The number of fused-ring (bicyclic) bond motifs is 5. The highest BCUT2D eigenvalue weighted by molar-refractivity contribution is 8.06. The van der Waals surface area contributed by atoms with E-state index in [4.69, 9.17) is 0 Å². The van der Waals surface area contributed by atoms with Crippen LogP contribution in [0.25, 0.3) is 32.6 Å². The van der Waals surface area contributed by atoms with Gasteiger partial charge in [-0.2, -0.15) is 11.8 Å². The lowest BCUT2D eigenvalue weighted by Gasteiger charge is -2.08. The van der Waals surface area contributed by atoms with Crippen molar-refractivity contribution in [3.05, 3.63) is 60.2 Å². The van der Waals surface area contributed by atoms with Gasteiger partial charge in [0.05, 0.1) is 5.52 Å². The Kier molecular flexibility index (Phi) is 13.1. The first-order chi connectivity index (χ1) is 19.3. The molecule has 212 valence electrons. The summed E-state index contributed by atoms with van der Waals surface area (Å²) in [6.07, 6.45) is 24.0. The van der Waals surface area contributed by atoms with Crippen LogP contribution in [-0.4, -0.2) is 16.0 Å². The van der Waals surface area contributed by atoms with E-state index in [0.29, 0.717) is 0 Å². The van der Waals surface area contributed by atoms with E-state index in [2.05, 4.69) is 73.4 Å². The number of aromatic nitrogens is 1.